The minimum absolute atomic E-state index is 0.0411. The number of morpholine rings is 1. The number of nitrogens with zero attached hydrogens (tertiary/aromatic N) is 1. The van der Waals surface area contributed by atoms with Crippen LogP contribution in [-0.2, 0) is 26.2 Å². The number of methoxy groups -OCH3 is 1. The highest BCUT2D eigenvalue weighted by molar-refractivity contribution is 6.08. The van der Waals surface area contributed by atoms with Crippen molar-refractivity contribution in [3.05, 3.63) is 47.5 Å². The van der Waals surface area contributed by atoms with Crippen molar-refractivity contribution in [1.82, 2.24) is 5.32 Å². The summed E-state index contributed by atoms with van der Waals surface area (Å²) in [7, 11) is 1.60. The molecule has 0 aromatic heterocycles. The highest BCUT2D eigenvalue weighted by atomic mass is 16.5. The highest BCUT2D eigenvalue weighted by Crippen LogP contribution is 2.44. The predicted molar refractivity (Wildman–Crippen MR) is 141 cm³/mol. The zero-order valence-corrected chi connectivity index (χ0v) is 21.6. The SMILES string of the molecule is COc1cc(N2CCOCC2)ccc1NC(=O)C1CC2(CN1)C(=O)Nc1ccc(CC(C)(C)C)cc12. The van der Waals surface area contributed by atoms with Crippen molar-refractivity contribution in [2.24, 2.45) is 5.41 Å². The third-order valence-electron chi connectivity index (χ3n) is 7.36. The summed E-state index contributed by atoms with van der Waals surface area (Å²) in [6, 6.07) is 11.6. The van der Waals surface area contributed by atoms with Crippen LogP contribution in [0.25, 0.3) is 0 Å². The van der Waals surface area contributed by atoms with Gasteiger partial charge in [0.05, 0.1) is 37.5 Å². The van der Waals surface area contributed by atoms with E-state index in [1.807, 2.05) is 24.3 Å². The zero-order chi connectivity index (χ0) is 25.5. The molecular formula is C28H36N4O4. The van der Waals surface area contributed by atoms with E-state index in [9.17, 15) is 9.59 Å². The van der Waals surface area contributed by atoms with E-state index in [4.69, 9.17) is 9.47 Å². The molecule has 5 rings (SSSR count). The number of hydrogen-bond donors (Lipinski definition) is 3. The minimum atomic E-state index is -0.741. The van der Waals surface area contributed by atoms with Crippen LogP contribution in [0.3, 0.4) is 0 Å². The third-order valence-corrected chi connectivity index (χ3v) is 7.36. The van der Waals surface area contributed by atoms with Gasteiger partial charge in [0.2, 0.25) is 11.8 Å². The maximum Gasteiger partial charge on any atom is 0.241 e. The molecular weight excluding hydrogens is 456 g/mol. The number of anilines is 3. The molecule has 3 aliphatic rings. The Labute approximate surface area is 212 Å². The van der Waals surface area contributed by atoms with E-state index < -0.39 is 11.5 Å². The molecule has 8 heteroatoms. The molecule has 192 valence electrons. The van der Waals surface area contributed by atoms with Crippen LogP contribution < -0.4 is 25.6 Å². The average molecular weight is 493 g/mol. The van der Waals surface area contributed by atoms with Crippen molar-refractivity contribution in [2.45, 2.75) is 45.1 Å². The van der Waals surface area contributed by atoms with Gasteiger partial charge in [-0.25, -0.2) is 0 Å². The van der Waals surface area contributed by atoms with Gasteiger partial charge in [-0.1, -0.05) is 32.9 Å². The summed E-state index contributed by atoms with van der Waals surface area (Å²) in [5.41, 5.74) is 4.10. The molecule has 2 aromatic rings. The van der Waals surface area contributed by atoms with Crippen LogP contribution in [0.4, 0.5) is 17.1 Å². The molecule has 3 heterocycles. The van der Waals surface area contributed by atoms with Crippen molar-refractivity contribution >= 4 is 28.9 Å². The van der Waals surface area contributed by atoms with Gasteiger partial charge in [-0.3, -0.25) is 9.59 Å². The molecule has 36 heavy (non-hydrogen) atoms. The number of nitrogens with one attached hydrogen (secondary N) is 3. The van der Waals surface area contributed by atoms with E-state index in [0.29, 0.717) is 37.6 Å². The molecule has 8 nitrogen and oxygen atoms in total. The molecule has 0 aliphatic carbocycles. The summed E-state index contributed by atoms with van der Waals surface area (Å²) < 4.78 is 11.0. The number of carbonyl (C=O) groups is 2. The van der Waals surface area contributed by atoms with Gasteiger partial charge in [0, 0.05) is 37.1 Å². The van der Waals surface area contributed by atoms with Crippen molar-refractivity contribution in [1.29, 1.82) is 0 Å². The van der Waals surface area contributed by atoms with E-state index >= 15 is 0 Å². The topological polar surface area (TPSA) is 91.9 Å². The molecule has 0 radical (unpaired) electrons. The average Bonchev–Trinajstić information content (AvgIpc) is 3.42. The Balaban J connectivity index is 1.32. The number of carbonyl (C=O) groups excluding carboxylic acids is 2. The Bertz CT molecular complexity index is 1170. The van der Waals surface area contributed by atoms with Gasteiger partial charge in [0.15, 0.2) is 0 Å². The maximum absolute atomic E-state index is 13.3. The second-order valence-electron chi connectivity index (χ2n) is 11.3. The summed E-state index contributed by atoms with van der Waals surface area (Å²) in [4.78, 5) is 28.7. The number of benzene rings is 2. The first-order chi connectivity index (χ1) is 17.2. The van der Waals surface area contributed by atoms with E-state index in [-0.39, 0.29) is 17.2 Å². The molecule has 3 aliphatic heterocycles. The lowest BCUT2D eigenvalue weighted by atomic mass is 9.78. The van der Waals surface area contributed by atoms with Gasteiger partial charge in [-0.15, -0.1) is 0 Å². The zero-order valence-electron chi connectivity index (χ0n) is 21.6. The highest BCUT2D eigenvalue weighted by Gasteiger charge is 2.53. The second kappa shape index (κ2) is 9.41. The Hall–Kier alpha value is -3.10. The molecule has 2 atom stereocenters. The summed E-state index contributed by atoms with van der Waals surface area (Å²) in [6.07, 6.45) is 1.33. The van der Waals surface area contributed by atoms with Crippen LogP contribution in [0.1, 0.15) is 38.3 Å². The van der Waals surface area contributed by atoms with Crippen molar-refractivity contribution in [3.8, 4) is 5.75 Å². The molecule has 0 bridgehead atoms. The van der Waals surface area contributed by atoms with Gasteiger partial charge in [0.25, 0.3) is 0 Å². The first-order valence-corrected chi connectivity index (χ1v) is 12.7. The fourth-order valence-electron chi connectivity index (χ4n) is 5.56. The molecule has 2 amide bonds. The van der Waals surface area contributed by atoms with Crippen LogP contribution in [0.2, 0.25) is 0 Å². The number of rotatable bonds is 5. The van der Waals surface area contributed by atoms with E-state index in [2.05, 4.69) is 53.8 Å². The Kier molecular flexibility index (Phi) is 6.43. The summed E-state index contributed by atoms with van der Waals surface area (Å²) in [6.45, 7) is 10.1. The lowest BCUT2D eigenvalue weighted by molar-refractivity contribution is -0.120. The first kappa shape index (κ1) is 24.6. The number of amides is 2. The van der Waals surface area contributed by atoms with Crippen molar-refractivity contribution < 1.29 is 19.1 Å². The second-order valence-corrected chi connectivity index (χ2v) is 11.3. The lowest BCUT2D eigenvalue weighted by Crippen LogP contribution is -2.36. The van der Waals surface area contributed by atoms with E-state index in [0.717, 1.165) is 36.4 Å². The normalized spacial score (nSPS) is 23.5. The molecule has 2 saturated heterocycles. The fourth-order valence-corrected chi connectivity index (χ4v) is 5.56. The standard InChI is InChI=1S/C28H36N4O4/c1-27(2,3)15-18-5-7-21-20(13-18)28(26(34)31-21)16-23(29-17-28)25(33)30-22-8-6-19(14-24(22)35-4)32-9-11-36-12-10-32/h5-8,13-14,23,29H,9-12,15-17H2,1-4H3,(H,30,33)(H,31,34). The summed E-state index contributed by atoms with van der Waals surface area (Å²) >= 11 is 0. The van der Waals surface area contributed by atoms with Gasteiger partial charge in [-0.2, -0.15) is 0 Å². The summed E-state index contributed by atoms with van der Waals surface area (Å²) in [5, 5.41) is 9.37. The van der Waals surface area contributed by atoms with E-state index in [1.54, 1.807) is 7.11 Å². The lowest BCUT2D eigenvalue weighted by Gasteiger charge is -2.29. The van der Waals surface area contributed by atoms with Crippen LogP contribution >= 0.6 is 0 Å². The number of ether oxygens (including phenoxy) is 2. The molecule has 0 saturated carbocycles. The van der Waals surface area contributed by atoms with Gasteiger partial charge >= 0.3 is 0 Å². The number of fused-ring (bicyclic) bond motifs is 2. The van der Waals surface area contributed by atoms with Crippen LogP contribution in [0, 0.1) is 5.41 Å². The van der Waals surface area contributed by atoms with Crippen LogP contribution in [0.15, 0.2) is 36.4 Å². The van der Waals surface area contributed by atoms with Gasteiger partial charge in [-0.05, 0) is 47.6 Å². The van der Waals surface area contributed by atoms with Crippen molar-refractivity contribution in [2.75, 3.05) is 55.5 Å². The molecule has 2 aromatic carbocycles. The first-order valence-electron chi connectivity index (χ1n) is 12.7. The molecule has 2 unspecified atom stereocenters. The minimum Gasteiger partial charge on any atom is -0.494 e. The van der Waals surface area contributed by atoms with Gasteiger partial charge in [0.1, 0.15) is 5.75 Å². The molecule has 1 spiro atoms. The largest absolute Gasteiger partial charge is 0.494 e. The van der Waals surface area contributed by atoms with Gasteiger partial charge < -0.3 is 30.3 Å². The van der Waals surface area contributed by atoms with Crippen molar-refractivity contribution in [3.63, 3.8) is 0 Å². The Morgan fingerprint density at radius 1 is 1.19 bits per heavy atom. The monoisotopic (exact) mass is 492 g/mol. The van der Waals surface area contributed by atoms with E-state index in [1.165, 1.54) is 5.56 Å². The maximum atomic E-state index is 13.3. The molecule has 2 fully saturated rings. The number of hydrogen-bond acceptors (Lipinski definition) is 6. The van der Waals surface area contributed by atoms with Crippen LogP contribution in [-0.4, -0.2) is 57.8 Å². The quantitative estimate of drug-likeness (QED) is 0.593. The smallest absolute Gasteiger partial charge is 0.241 e. The predicted octanol–water partition coefficient (Wildman–Crippen LogP) is 3.31. The summed E-state index contributed by atoms with van der Waals surface area (Å²) in [5.74, 6) is 0.396. The fraction of sp³-hybridized carbons (Fsp3) is 0.500. The third kappa shape index (κ3) is 4.67. The Morgan fingerprint density at radius 3 is 2.69 bits per heavy atom. The van der Waals surface area contributed by atoms with Crippen LogP contribution in [0.5, 0.6) is 5.75 Å². The molecule has 3 N–H and O–H groups in total. The Morgan fingerprint density at radius 2 is 1.97 bits per heavy atom.